The molecule has 0 bridgehead atoms. The molecule has 3 nitrogen and oxygen atoms in total. The van der Waals surface area contributed by atoms with Crippen LogP contribution in [0.5, 0.6) is 0 Å². The smallest absolute Gasteiger partial charge is 0.0781 e. The second kappa shape index (κ2) is 8.98. The second-order valence-corrected chi connectivity index (χ2v) is 5.26. The Morgan fingerprint density at radius 3 is 1.95 bits per heavy atom. The molecule has 0 spiro atoms. The summed E-state index contributed by atoms with van der Waals surface area (Å²) in [6.07, 6.45) is 6.43. The monoisotopic (exact) mass is 290 g/mol. The quantitative estimate of drug-likeness (QED) is 0.716. The van der Waals surface area contributed by atoms with Gasteiger partial charge in [-0.15, -0.1) is 0 Å². The average Bonchev–Trinajstić information content (AvgIpc) is 2.70. The van der Waals surface area contributed by atoms with E-state index in [-0.39, 0.29) is 18.3 Å². The van der Waals surface area contributed by atoms with Gasteiger partial charge in [0.25, 0.3) is 0 Å². The fourth-order valence-corrected chi connectivity index (χ4v) is 2.62. The third-order valence-corrected chi connectivity index (χ3v) is 3.62. The van der Waals surface area contributed by atoms with E-state index in [4.69, 9.17) is 14.2 Å². The maximum Gasteiger partial charge on any atom is 0.0781 e. The van der Waals surface area contributed by atoms with Crippen molar-refractivity contribution in [3.63, 3.8) is 0 Å². The van der Waals surface area contributed by atoms with Crippen molar-refractivity contribution in [1.82, 2.24) is 0 Å². The van der Waals surface area contributed by atoms with Crippen LogP contribution in [-0.2, 0) is 20.8 Å². The molecule has 0 aliphatic heterocycles. The molecule has 1 unspecified atom stereocenters. The van der Waals surface area contributed by atoms with Crippen LogP contribution in [0.2, 0.25) is 0 Å². The first-order valence-electron chi connectivity index (χ1n) is 7.88. The second-order valence-electron chi connectivity index (χ2n) is 5.26. The highest BCUT2D eigenvalue weighted by atomic mass is 16.5. The molecular formula is C18H26O3. The van der Waals surface area contributed by atoms with Gasteiger partial charge >= 0.3 is 0 Å². The predicted octanol–water partition coefficient (Wildman–Crippen LogP) is 3.73. The van der Waals surface area contributed by atoms with Crippen LogP contribution in [-0.4, -0.2) is 31.5 Å². The summed E-state index contributed by atoms with van der Waals surface area (Å²) in [6.45, 7) is 6.14. The van der Waals surface area contributed by atoms with E-state index in [0.29, 0.717) is 6.61 Å². The van der Waals surface area contributed by atoms with Crippen LogP contribution >= 0.6 is 0 Å². The molecule has 1 aliphatic carbocycles. The third-order valence-electron chi connectivity index (χ3n) is 3.62. The molecular weight excluding hydrogens is 264 g/mol. The summed E-state index contributed by atoms with van der Waals surface area (Å²) < 4.78 is 17.6. The molecule has 0 heterocycles. The number of rotatable bonds is 7. The Morgan fingerprint density at radius 1 is 0.857 bits per heavy atom. The first-order valence-corrected chi connectivity index (χ1v) is 7.88. The van der Waals surface area contributed by atoms with E-state index in [1.165, 1.54) is 5.56 Å². The van der Waals surface area contributed by atoms with Gasteiger partial charge in [0.15, 0.2) is 0 Å². The minimum absolute atomic E-state index is 0.126. The normalized spacial score (nSPS) is 25.7. The van der Waals surface area contributed by atoms with Crippen molar-refractivity contribution in [3.8, 4) is 0 Å². The molecule has 116 valence electrons. The molecule has 1 aromatic rings. The van der Waals surface area contributed by atoms with E-state index in [1.54, 1.807) is 0 Å². The van der Waals surface area contributed by atoms with E-state index < -0.39 is 0 Å². The molecule has 0 aromatic heterocycles. The Bertz CT molecular complexity index is 398. The standard InChI is InChI=1S/C18H26O3/c1-3-19-16-10-11-17(20-4-2)13-18(12-16)21-14-15-8-6-5-7-9-15/h5-11,16-18H,3-4,12-14H2,1-2H3/t16-,17+,18?. The number of ether oxygens (including phenoxy) is 3. The van der Waals surface area contributed by atoms with E-state index in [0.717, 1.165) is 26.1 Å². The molecule has 1 aliphatic rings. The Morgan fingerprint density at radius 2 is 1.43 bits per heavy atom. The van der Waals surface area contributed by atoms with Crippen molar-refractivity contribution >= 4 is 0 Å². The zero-order valence-corrected chi connectivity index (χ0v) is 13.0. The van der Waals surface area contributed by atoms with E-state index in [2.05, 4.69) is 24.3 Å². The summed E-state index contributed by atoms with van der Waals surface area (Å²) >= 11 is 0. The minimum atomic E-state index is 0.126. The van der Waals surface area contributed by atoms with Gasteiger partial charge in [0.05, 0.1) is 24.9 Å². The number of hydrogen-bond acceptors (Lipinski definition) is 3. The average molecular weight is 290 g/mol. The van der Waals surface area contributed by atoms with Crippen LogP contribution in [0.15, 0.2) is 42.5 Å². The molecule has 1 aromatic carbocycles. The maximum absolute atomic E-state index is 6.10. The number of benzene rings is 1. The van der Waals surface area contributed by atoms with Gasteiger partial charge in [-0.1, -0.05) is 42.5 Å². The lowest BCUT2D eigenvalue weighted by molar-refractivity contribution is -0.0277. The zero-order valence-electron chi connectivity index (χ0n) is 13.0. The van der Waals surface area contributed by atoms with Gasteiger partial charge in [0, 0.05) is 26.1 Å². The van der Waals surface area contributed by atoms with Crippen molar-refractivity contribution < 1.29 is 14.2 Å². The summed E-state index contributed by atoms with van der Waals surface area (Å²) in [5.41, 5.74) is 1.20. The lowest BCUT2D eigenvalue weighted by atomic mass is 10.1. The fourth-order valence-electron chi connectivity index (χ4n) is 2.62. The topological polar surface area (TPSA) is 27.7 Å². The van der Waals surface area contributed by atoms with Crippen LogP contribution in [0.1, 0.15) is 32.3 Å². The van der Waals surface area contributed by atoms with Crippen LogP contribution < -0.4 is 0 Å². The highest BCUT2D eigenvalue weighted by Crippen LogP contribution is 2.21. The Kier molecular flexibility index (Phi) is 6.93. The summed E-state index contributed by atoms with van der Waals surface area (Å²) in [7, 11) is 0. The number of hydrogen-bond donors (Lipinski definition) is 0. The van der Waals surface area contributed by atoms with Gasteiger partial charge in [-0.25, -0.2) is 0 Å². The first-order chi connectivity index (χ1) is 10.3. The van der Waals surface area contributed by atoms with Gasteiger partial charge in [-0.3, -0.25) is 0 Å². The Balaban J connectivity index is 1.92. The predicted molar refractivity (Wildman–Crippen MR) is 84.2 cm³/mol. The molecule has 21 heavy (non-hydrogen) atoms. The van der Waals surface area contributed by atoms with Gasteiger partial charge in [-0.05, 0) is 19.4 Å². The summed E-state index contributed by atoms with van der Waals surface area (Å²) in [5, 5.41) is 0. The molecule has 0 saturated heterocycles. The molecule has 0 saturated carbocycles. The first kappa shape index (κ1) is 16.2. The SMILES string of the molecule is CCO[C@@H]1C=C[C@H](OCC)CC(OCc2ccccc2)C1. The van der Waals surface area contributed by atoms with Crippen molar-refractivity contribution in [1.29, 1.82) is 0 Å². The lowest BCUT2D eigenvalue weighted by Gasteiger charge is -2.22. The molecule has 0 N–H and O–H groups in total. The lowest BCUT2D eigenvalue weighted by Crippen LogP contribution is -2.24. The van der Waals surface area contributed by atoms with Crippen molar-refractivity contribution in [2.24, 2.45) is 0 Å². The van der Waals surface area contributed by atoms with Crippen LogP contribution in [0, 0.1) is 0 Å². The summed E-state index contributed by atoms with van der Waals surface area (Å²) in [5.74, 6) is 0. The largest absolute Gasteiger partial charge is 0.374 e. The molecule has 3 atom stereocenters. The van der Waals surface area contributed by atoms with Gasteiger partial charge in [0.1, 0.15) is 0 Å². The van der Waals surface area contributed by atoms with E-state index in [9.17, 15) is 0 Å². The minimum Gasteiger partial charge on any atom is -0.374 e. The summed E-state index contributed by atoms with van der Waals surface area (Å²) in [6, 6.07) is 10.3. The van der Waals surface area contributed by atoms with Crippen LogP contribution in [0.3, 0.4) is 0 Å². The highest BCUT2D eigenvalue weighted by Gasteiger charge is 2.23. The molecule has 0 fully saturated rings. The zero-order chi connectivity index (χ0) is 14.9. The van der Waals surface area contributed by atoms with Crippen LogP contribution in [0.25, 0.3) is 0 Å². The van der Waals surface area contributed by atoms with E-state index >= 15 is 0 Å². The summed E-state index contributed by atoms with van der Waals surface area (Å²) in [4.78, 5) is 0. The van der Waals surface area contributed by atoms with E-state index in [1.807, 2.05) is 32.0 Å². The van der Waals surface area contributed by atoms with Crippen molar-refractivity contribution in [2.45, 2.75) is 51.6 Å². The highest BCUT2D eigenvalue weighted by molar-refractivity contribution is 5.13. The van der Waals surface area contributed by atoms with Gasteiger partial charge in [-0.2, -0.15) is 0 Å². The van der Waals surface area contributed by atoms with Gasteiger partial charge < -0.3 is 14.2 Å². The molecule has 2 rings (SSSR count). The molecule has 3 heteroatoms. The fraction of sp³-hybridized carbons (Fsp3) is 0.556. The molecule has 0 radical (unpaired) electrons. The Hall–Kier alpha value is -1.16. The van der Waals surface area contributed by atoms with Crippen molar-refractivity contribution in [2.75, 3.05) is 13.2 Å². The maximum atomic E-state index is 6.10. The van der Waals surface area contributed by atoms with Crippen molar-refractivity contribution in [3.05, 3.63) is 48.0 Å². The van der Waals surface area contributed by atoms with Gasteiger partial charge in [0.2, 0.25) is 0 Å². The van der Waals surface area contributed by atoms with Crippen LogP contribution in [0.4, 0.5) is 0 Å². The Labute approximate surface area is 127 Å². The third kappa shape index (κ3) is 5.62. The molecule has 0 amide bonds.